The lowest BCUT2D eigenvalue weighted by atomic mass is 10.2. The highest BCUT2D eigenvalue weighted by atomic mass is 32.1. The van der Waals surface area contributed by atoms with Crippen LogP contribution in [0.25, 0.3) is 0 Å². The summed E-state index contributed by atoms with van der Waals surface area (Å²) < 4.78 is 5.14. The van der Waals surface area contributed by atoms with Crippen molar-refractivity contribution in [2.75, 3.05) is 18.6 Å². The predicted molar refractivity (Wildman–Crippen MR) is 65.7 cm³/mol. The summed E-state index contributed by atoms with van der Waals surface area (Å²) in [5, 5.41) is 3.09. The molecule has 16 heavy (non-hydrogen) atoms. The monoisotopic (exact) mass is 236 g/mol. The van der Waals surface area contributed by atoms with E-state index in [-0.39, 0.29) is 5.91 Å². The van der Waals surface area contributed by atoms with Crippen LogP contribution in [0.5, 0.6) is 5.75 Å². The minimum atomic E-state index is -0.0239. The molecule has 0 aliphatic carbocycles. The molecule has 1 aromatic carbocycles. The van der Waals surface area contributed by atoms with Crippen molar-refractivity contribution in [3.63, 3.8) is 0 Å². The van der Waals surface area contributed by atoms with Crippen LogP contribution in [0.4, 0.5) is 5.69 Å². The van der Waals surface area contributed by atoms with E-state index in [0.717, 1.165) is 11.4 Å². The van der Waals surface area contributed by atoms with Crippen LogP contribution in [0, 0.1) is 0 Å². The molecule has 1 aromatic rings. The fourth-order valence-electron chi connectivity index (χ4n) is 1.59. The maximum Gasteiger partial charge on any atom is 0.227 e. The van der Waals surface area contributed by atoms with Crippen molar-refractivity contribution in [3.8, 4) is 5.75 Å². The first-order valence-electron chi connectivity index (χ1n) is 4.96. The van der Waals surface area contributed by atoms with Gasteiger partial charge in [0.2, 0.25) is 5.91 Å². The second-order valence-corrected chi connectivity index (χ2v) is 3.84. The molecule has 0 saturated carbocycles. The first-order valence-corrected chi connectivity index (χ1v) is 5.37. The van der Waals surface area contributed by atoms with Crippen LogP contribution in [0.2, 0.25) is 0 Å². The molecular weight excluding hydrogens is 224 g/mol. The van der Waals surface area contributed by atoms with E-state index in [1.54, 1.807) is 7.11 Å². The van der Waals surface area contributed by atoms with E-state index in [1.807, 2.05) is 29.2 Å². The van der Waals surface area contributed by atoms with Crippen molar-refractivity contribution in [1.82, 2.24) is 5.32 Å². The Morgan fingerprint density at radius 3 is 3.00 bits per heavy atom. The summed E-state index contributed by atoms with van der Waals surface area (Å²) in [6.07, 6.45) is 0.456. The number of hydrogen-bond donors (Lipinski definition) is 1. The zero-order valence-electron chi connectivity index (χ0n) is 8.90. The van der Waals surface area contributed by atoms with Gasteiger partial charge in [0.1, 0.15) is 5.75 Å². The molecule has 0 bridgehead atoms. The van der Waals surface area contributed by atoms with Crippen LogP contribution >= 0.6 is 12.2 Å². The smallest absolute Gasteiger partial charge is 0.227 e. The van der Waals surface area contributed by atoms with E-state index in [1.165, 1.54) is 0 Å². The summed E-state index contributed by atoms with van der Waals surface area (Å²) in [6.45, 7) is 0.609. The normalized spacial score (nSPS) is 15.9. The largest absolute Gasteiger partial charge is 0.497 e. The molecular formula is C11H12N2O2S. The molecule has 0 atom stereocenters. The van der Waals surface area contributed by atoms with Gasteiger partial charge >= 0.3 is 0 Å². The number of anilines is 1. The number of rotatable bonds is 2. The number of nitrogens with one attached hydrogen (secondary N) is 1. The Bertz CT molecular complexity index is 434. The van der Waals surface area contributed by atoms with E-state index in [0.29, 0.717) is 18.1 Å². The molecule has 1 aliphatic heterocycles. The van der Waals surface area contributed by atoms with E-state index < -0.39 is 0 Å². The Morgan fingerprint density at radius 1 is 1.50 bits per heavy atom. The van der Waals surface area contributed by atoms with Gasteiger partial charge in [-0.05, 0) is 24.4 Å². The standard InChI is InChI=1S/C11H12N2O2S/c1-15-9-4-2-3-8(7-9)13-6-5-10(14)12-11(13)16/h2-4,7H,5-6H2,1H3,(H,12,14,16). The molecule has 1 aliphatic rings. The molecule has 0 unspecified atom stereocenters. The number of hydrogen-bond acceptors (Lipinski definition) is 3. The number of thiocarbonyl (C=S) groups is 1. The first kappa shape index (κ1) is 10.9. The van der Waals surface area contributed by atoms with Crippen LogP contribution in [0.3, 0.4) is 0 Å². The second-order valence-electron chi connectivity index (χ2n) is 3.46. The SMILES string of the molecule is COc1cccc(N2CCC(=O)NC2=S)c1. The molecule has 0 spiro atoms. The summed E-state index contributed by atoms with van der Waals surface area (Å²) in [4.78, 5) is 13.0. The number of amides is 1. The Hall–Kier alpha value is -1.62. The maximum absolute atomic E-state index is 11.1. The van der Waals surface area contributed by atoms with Crippen LogP contribution < -0.4 is 15.0 Å². The first-order chi connectivity index (χ1) is 7.70. The molecule has 4 nitrogen and oxygen atoms in total. The van der Waals surface area contributed by atoms with E-state index >= 15 is 0 Å². The predicted octanol–water partition coefficient (Wildman–Crippen LogP) is 1.31. The zero-order valence-corrected chi connectivity index (χ0v) is 9.71. The third-order valence-electron chi connectivity index (χ3n) is 2.42. The van der Waals surface area contributed by atoms with Gasteiger partial charge in [-0.25, -0.2) is 0 Å². The summed E-state index contributed by atoms with van der Waals surface area (Å²) in [6, 6.07) is 7.60. The van der Waals surface area contributed by atoms with Gasteiger partial charge in [-0.15, -0.1) is 0 Å². The molecule has 1 N–H and O–H groups in total. The number of ether oxygens (including phenoxy) is 1. The Labute approximate surface area is 99.2 Å². The number of carbonyl (C=O) groups is 1. The van der Waals surface area contributed by atoms with Gasteiger partial charge in [0.25, 0.3) is 0 Å². The number of benzene rings is 1. The number of methoxy groups -OCH3 is 1. The summed E-state index contributed by atoms with van der Waals surface area (Å²) in [5.41, 5.74) is 0.935. The lowest BCUT2D eigenvalue weighted by Crippen LogP contribution is -2.49. The molecule has 2 rings (SSSR count). The van der Waals surface area contributed by atoms with Gasteiger partial charge in [0.15, 0.2) is 5.11 Å². The highest BCUT2D eigenvalue weighted by Gasteiger charge is 2.21. The third kappa shape index (κ3) is 2.14. The van der Waals surface area contributed by atoms with Crippen molar-refractivity contribution in [1.29, 1.82) is 0 Å². The van der Waals surface area contributed by atoms with Crippen molar-refractivity contribution >= 4 is 28.9 Å². The highest BCUT2D eigenvalue weighted by Crippen LogP contribution is 2.22. The fraction of sp³-hybridized carbons (Fsp3) is 0.273. The third-order valence-corrected chi connectivity index (χ3v) is 2.74. The Balaban J connectivity index is 2.23. The van der Waals surface area contributed by atoms with Gasteiger partial charge in [0.05, 0.1) is 7.11 Å². The average Bonchev–Trinajstić information content (AvgIpc) is 2.29. The maximum atomic E-state index is 11.1. The highest BCUT2D eigenvalue weighted by molar-refractivity contribution is 7.80. The van der Waals surface area contributed by atoms with Crippen LogP contribution in [0.15, 0.2) is 24.3 Å². The van der Waals surface area contributed by atoms with Gasteiger partial charge < -0.3 is 15.0 Å². The molecule has 1 amide bonds. The van der Waals surface area contributed by atoms with E-state index in [2.05, 4.69) is 5.32 Å². The lowest BCUT2D eigenvalue weighted by Gasteiger charge is -2.29. The molecule has 1 heterocycles. The van der Waals surface area contributed by atoms with Crippen molar-refractivity contribution < 1.29 is 9.53 Å². The zero-order chi connectivity index (χ0) is 11.5. The van der Waals surface area contributed by atoms with Gasteiger partial charge in [0, 0.05) is 24.7 Å². The van der Waals surface area contributed by atoms with Crippen LogP contribution in [-0.2, 0) is 4.79 Å². The average molecular weight is 236 g/mol. The Morgan fingerprint density at radius 2 is 2.31 bits per heavy atom. The minimum absolute atomic E-state index is 0.0239. The van der Waals surface area contributed by atoms with Gasteiger partial charge in [-0.1, -0.05) is 6.07 Å². The molecule has 0 aromatic heterocycles. The molecule has 0 radical (unpaired) electrons. The molecule has 84 valence electrons. The number of nitrogens with zero attached hydrogens (tertiary/aromatic N) is 1. The van der Waals surface area contributed by atoms with Crippen molar-refractivity contribution in [2.45, 2.75) is 6.42 Å². The molecule has 5 heteroatoms. The van der Waals surface area contributed by atoms with Crippen molar-refractivity contribution in [3.05, 3.63) is 24.3 Å². The van der Waals surface area contributed by atoms with Gasteiger partial charge in [-0.3, -0.25) is 4.79 Å². The van der Waals surface area contributed by atoms with Crippen molar-refractivity contribution in [2.24, 2.45) is 0 Å². The summed E-state index contributed by atoms with van der Waals surface area (Å²) >= 11 is 5.12. The van der Waals surface area contributed by atoms with E-state index in [4.69, 9.17) is 17.0 Å². The minimum Gasteiger partial charge on any atom is -0.497 e. The molecule has 1 fully saturated rings. The van der Waals surface area contributed by atoms with E-state index in [9.17, 15) is 4.79 Å². The summed E-state index contributed by atoms with van der Waals surface area (Å²) in [5.74, 6) is 0.751. The second kappa shape index (κ2) is 4.49. The fourth-order valence-corrected chi connectivity index (χ4v) is 1.90. The number of carbonyl (C=O) groups excluding carboxylic acids is 1. The molecule has 1 saturated heterocycles. The summed E-state index contributed by atoms with van der Waals surface area (Å²) in [7, 11) is 1.62. The topological polar surface area (TPSA) is 41.6 Å². The van der Waals surface area contributed by atoms with Gasteiger partial charge in [-0.2, -0.15) is 0 Å². The quantitative estimate of drug-likeness (QED) is 0.786. The van der Waals surface area contributed by atoms with Crippen LogP contribution in [0.1, 0.15) is 6.42 Å². The lowest BCUT2D eigenvalue weighted by molar-refractivity contribution is -0.119. The van der Waals surface area contributed by atoms with Crippen LogP contribution in [-0.4, -0.2) is 24.7 Å². The Kier molecular flexibility index (Phi) is 3.05.